The molecule has 0 unspecified atom stereocenters. The first-order valence-corrected chi connectivity index (χ1v) is 8.79. The van der Waals surface area contributed by atoms with Crippen LogP contribution in [0.5, 0.6) is 0 Å². The third-order valence-corrected chi connectivity index (χ3v) is 5.77. The van der Waals surface area contributed by atoms with E-state index in [-0.39, 0.29) is 12.5 Å². The zero-order valence-corrected chi connectivity index (χ0v) is 13.6. The second kappa shape index (κ2) is 7.04. The third kappa shape index (κ3) is 5.47. The van der Waals surface area contributed by atoms with E-state index in [2.05, 4.69) is 5.32 Å². The highest BCUT2D eigenvalue weighted by Gasteiger charge is 2.31. The van der Waals surface area contributed by atoms with Gasteiger partial charge in [-0.25, -0.2) is 8.42 Å². The number of carbonyl (C=O) groups is 1. The lowest BCUT2D eigenvalue weighted by Gasteiger charge is -2.23. The molecule has 118 valence electrons. The Morgan fingerprint density at radius 2 is 1.86 bits per heavy atom. The molecule has 0 aliphatic rings. The Morgan fingerprint density at radius 1 is 1.29 bits per heavy atom. The highest BCUT2D eigenvalue weighted by molar-refractivity contribution is 7.92. The molecule has 1 atom stereocenters. The van der Waals surface area contributed by atoms with Crippen LogP contribution in [0.3, 0.4) is 0 Å². The summed E-state index contributed by atoms with van der Waals surface area (Å²) in [5, 5.41) is 2.62. The van der Waals surface area contributed by atoms with Gasteiger partial charge in [-0.05, 0) is 32.3 Å². The first-order valence-electron chi connectivity index (χ1n) is 6.90. The van der Waals surface area contributed by atoms with Crippen LogP contribution < -0.4 is 11.1 Å². The summed E-state index contributed by atoms with van der Waals surface area (Å²) < 4.78 is 22.1. The fraction of sp³-hybridized carbons (Fsp3) is 0.533. The minimum Gasteiger partial charge on any atom is -0.353 e. The number of sulfone groups is 1. The van der Waals surface area contributed by atoms with Crippen LogP contribution >= 0.6 is 0 Å². The van der Waals surface area contributed by atoms with Crippen LogP contribution in [0, 0.1) is 0 Å². The van der Waals surface area contributed by atoms with Crippen molar-refractivity contribution in [1.29, 1.82) is 0 Å². The Kier molecular flexibility index (Phi) is 5.92. The Morgan fingerprint density at radius 3 is 2.38 bits per heavy atom. The average Bonchev–Trinajstić information content (AvgIpc) is 2.42. The summed E-state index contributed by atoms with van der Waals surface area (Å²) in [7, 11) is -3.23. The van der Waals surface area contributed by atoms with E-state index >= 15 is 0 Å². The largest absolute Gasteiger partial charge is 0.353 e. The second-order valence-electron chi connectivity index (χ2n) is 5.88. The summed E-state index contributed by atoms with van der Waals surface area (Å²) >= 11 is 0. The first kappa shape index (κ1) is 17.7. The van der Waals surface area contributed by atoms with E-state index in [1.54, 1.807) is 13.8 Å². The van der Waals surface area contributed by atoms with Crippen molar-refractivity contribution in [1.82, 2.24) is 5.32 Å². The maximum atomic E-state index is 11.9. The molecule has 0 bridgehead atoms. The van der Waals surface area contributed by atoms with E-state index < -0.39 is 20.6 Å². The predicted molar refractivity (Wildman–Crippen MR) is 84.7 cm³/mol. The lowest BCUT2D eigenvalue weighted by Crippen LogP contribution is -2.48. The Bertz CT molecular complexity index is 568. The van der Waals surface area contributed by atoms with E-state index in [1.807, 2.05) is 30.3 Å². The molecule has 0 aliphatic carbocycles. The van der Waals surface area contributed by atoms with Crippen molar-refractivity contribution in [2.75, 3.05) is 12.8 Å². The Balaban J connectivity index is 2.45. The van der Waals surface area contributed by atoms with Crippen molar-refractivity contribution in [3.8, 4) is 0 Å². The monoisotopic (exact) mass is 312 g/mol. The van der Waals surface area contributed by atoms with Gasteiger partial charge in [0.05, 0.1) is 10.8 Å². The molecular formula is C15H24N2O3S. The van der Waals surface area contributed by atoms with Crippen LogP contribution in [-0.2, 0) is 21.1 Å². The second-order valence-corrected chi connectivity index (χ2v) is 8.53. The van der Waals surface area contributed by atoms with Gasteiger partial charge in [-0.2, -0.15) is 0 Å². The van der Waals surface area contributed by atoms with Gasteiger partial charge < -0.3 is 11.1 Å². The summed E-state index contributed by atoms with van der Waals surface area (Å²) in [6, 6.07) is 9.14. The number of carbonyl (C=O) groups excluding carboxylic acids is 1. The number of hydrogen-bond donors (Lipinski definition) is 2. The van der Waals surface area contributed by atoms with Gasteiger partial charge in [-0.3, -0.25) is 4.79 Å². The number of aryl methyl sites for hydroxylation is 1. The molecule has 0 radical (unpaired) electrons. The van der Waals surface area contributed by atoms with Crippen molar-refractivity contribution >= 4 is 15.7 Å². The normalized spacial score (nSPS) is 13.7. The Labute approximate surface area is 126 Å². The van der Waals surface area contributed by atoms with Crippen molar-refractivity contribution < 1.29 is 13.2 Å². The number of hydrogen-bond acceptors (Lipinski definition) is 4. The van der Waals surface area contributed by atoms with Gasteiger partial charge in [0.1, 0.15) is 0 Å². The maximum absolute atomic E-state index is 11.9. The minimum absolute atomic E-state index is 0.0592. The molecule has 21 heavy (non-hydrogen) atoms. The fourth-order valence-corrected chi connectivity index (χ4v) is 1.99. The van der Waals surface area contributed by atoms with Crippen molar-refractivity contribution in [2.45, 2.75) is 37.5 Å². The molecule has 1 aromatic carbocycles. The minimum atomic E-state index is -3.23. The molecule has 0 saturated heterocycles. The van der Waals surface area contributed by atoms with E-state index in [1.165, 1.54) is 0 Å². The van der Waals surface area contributed by atoms with E-state index in [0.717, 1.165) is 11.8 Å². The molecule has 0 heterocycles. The molecule has 0 fully saturated rings. The molecule has 0 aliphatic heterocycles. The van der Waals surface area contributed by atoms with Gasteiger partial charge >= 0.3 is 0 Å². The van der Waals surface area contributed by atoms with Crippen LogP contribution in [0.1, 0.15) is 25.8 Å². The standard InChI is InChI=1S/C15H24N2O3S/c1-15(2,21(3,19)20)11-17-14(18)13(16)10-9-12-7-5-4-6-8-12/h4-8,13H,9-11,16H2,1-3H3,(H,17,18)/t13-/m0/s1. The zero-order valence-electron chi connectivity index (χ0n) is 12.8. The summed E-state index contributed by atoms with van der Waals surface area (Å²) in [6.07, 6.45) is 2.40. The Hall–Kier alpha value is -1.40. The molecule has 0 spiro atoms. The summed E-state index contributed by atoms with van der Waals surface area (Å²) in [6.45, 7) is 3.22. The lowest BCUT2D eigenvalue weighted by atomic mass is 10.1. The zero-order chi connectivity index (χ0) is 16.1. The number of benzene rings is 1. The highest BCUT2D eigenvalue weighted by Crippen LogP contribution is 2.13. The summed E-state index contributed by atoms with van der Waals surface area (Å²) in [5.41, 5.74) is 6.96. The SMILES string of the molecule is CC(C)(CNC(=O)[C@@H](N)CCc1ccccc1)S(C)(=O)=O. The smallest absolute Gasteiger partial charge is 0.236 e. The van der Waals surface area contributed by atoms with Crippen molar-refractivity contribution in [3.05, 3.63) is 35.9 Å². The number of nitrogens with two attached hydrogens (primary N) is 1. The molecular weight excluding hydrogens is 288 g/mol. The number of amides is 1. The van der Waals surface area contributed by atoms with Gasteiger partial charge in [-0.1, -0.05) is 30.3 Å². The van der Waals surface area contributed by atoms with Crippen LogP contribution in [0.15, 0.2) is 30.3 Å². The highest BCUT2D eigenvalue weighted by atomic mass is 32.2. The molecule has 0 saturated carbocycles. The molecule has 1 amide bonds. The van der Waals surface area contributed by atoms with Gasteiger partial charge in [0.25, 0.3) is 0 Å². The van der Waals surface area contributed by atoms with Crippen LogP contribution in [-0.4, -0.2) is 37.9 Å². The van der Waals surface area contributed by atoms with Crippen molar-refractivity contribution in [3.63, 3.8) is 0 Å². The lowest BCUT2D eigenvalue weighted by molar-refractivity contribution is -0.122. The third-order valence-electron chi connectivity index (χ3n) is 3.62. The van der Waals surface area contributed by atoms with E-state index in [9.17, 15) is 13.2 Å². The van der Waals surface area contributed by atoms with Crippen LogP contribution in [0.2, 0.25) is 0 Å². The molecule has 0 aromatic heterocycles. The predicted octanol–water partition coefficient (Wildman–Crippen LogP) is 0.886. The van der Waals surface area contributed by atoms with Gasteiger partial charge in [0.15, 0.2) is 9.84 Å². The van der Waals surface area contributed by atoms with Crippen LogP contribution in [0.25, 0.3) is 0 Å². The molecule has 3 N–H and O–H groups in total. The number of rotatable bonds is 7. The van der Waals surface area contributed by atoms with Gasteiger partial charge in [0, 0.05) is 12.8 Å². The quantitative estimate of drug-likeness (QED) is 0.782. The molecule has 1 aromatic rings. The van der Waals surface area contributed by atoms with Crippen LogP contribution in [0.4, 0.5) is 0 Å². The molecule has 6 heteroatoms. The van der Waals surface area contributed by atoms with Crippen molar-refractivity contribution in [2.24, 2.45) is 5.73 Å². The molecule has 5 nitrogen and oxygen atoms in total. The topological polar surface area (TPSA) is 89.3 Å². The fourth-order valence-electron chi connectivity index (χ4n) is 1.66. The van der Waals surface area contributed by atoms with Gasteiger partial charge in [-0.15, -0.1) is 0 Å². The molecule has 1 rings (SSSR count). The average molecular weight is 312 g/mol. The van der Waals surface area contributed by atoms with E-state index in [4.69, 9.17) is 5.73 Å². The maximum Gasteiger partial charge on any atom is 0.236 e. The summed E-state index contributed by atoms with van der Waals surface area (Å²) in [4.78, 5) is 11.9. The van der Waals surface area contributed by atoms with E-state index in [0.29, 0.717) is 12.8 Å². The first-order chi connectivity index (χ1) is 9.63. The van der Waals surface area contributed by atoms with Gasteiger partial charge in [0.2, 0.25) is 5.91 Å². The number of nitrogens with one attached hydrogen (secondary N) is 1. The summed E-state index contributed by atoms with van der Waals surface area (Å²) in [5.74, 6) is -0.317.